The average molecular weight is 238 g/mol. The molecule has 0 atom stereocenters. The Bertz CT molecular complexity index is 313. The highest BCUT2D eigenvalue weighted by atomic mass is 15.1. The lowest BCUT2D eigenvalue weighted by Crippen LogP contribution is -2.13. The van der Waals surface area contributed by atoms with Gasteiger partial charge in [-0.3, -0.25) is 4.99 Å². The third kappa shape index (κ3) is 8.13. The smallest absolute Gasteiger partial charge is 0.122 e. The molecule has 0 bridgehead atoms. The summed E-state index contributed by atoms with van der Waals surface area (Å²) in [6, 6.07) is 1.98. The van der Waals surface area contributed by atoms with Gasteiger partial charge in [0.25, 0.3) is 0 Å². The van der Waals surface area contributed by atoms with Crippen molar-refractivity contribution in [1.29, 1.82) is 0 Å². The number of hydrogen-bond acceptors (Lipinski definition) is 3. The highest BCUT2D eigenvalue weighted by molar-refractivity contribution is 5.46. The highest BCUT2D eigenvalue weighted by Gasteiger charge is 1.95. The van der Waals surface area contributed by atoms with Crippen LogP contribution in [0.25, 0.3) is 0 Å². The molecule has 0 aromatic carbocycles. The molecule has 0 amide bonds. The summed E-state index contributed by atoms with van der Waals surface area (Å²) >= 11 is 0. The molecule has 0 fully saturated rings. The van der Waals surface area contributed by atoms with Crippen LogP contribution in [-0.2, 0) is 7.05 Å². The second-order valence-corrected chi connectivity index (χ2v) is 2.67. The predicted molar refractivity (Wildman–Crippen MR) is 78.4 cm³/mol. The van der Waals surface area contributed by atoms with Crippen molar-refractivity contribution in [3.63, 3.8) is 0 Å². The Balaban J connectivity index is 0. The van der Waals surface area contributed by atoms with Gasteiger partial charge in [-0.2, -0.15) is 0 Å². The van der Waals surface area contributed by atoms with E-state index in [1.54, 1.807) is 6.20 Å². The van der Waals surface area contributed by atoms with Gasteiger partial charge in [0.2, 0.25) is 0 Å². The molecule has 1 heterocycles. The van der Waals surface area contributed by atoms with Crippen molar-refractivity contribution in [2.24, 2.45) is 12.0 Å². The largest absolute Gasteiger partial charge is 0.373 e. The van der Waals surface area contributed by atoms with E-state index < -0.39 is 0 Å². The third-order valence-electron chi connectivity index (χ3n) is 1.60. The zero-order valence-corrected chi connectivity index (χ0v) is 11.9. The zero-order chi connectivity index (χ0) is 13.7. The molecule has 0 aliphatic carbocycles. The Hall–Kier alpha value is -1.71. The van der Waals surface area contributed by atoms with E-state index in [0.717, 1.165) is 11.5 Å². The molecule has 0 radical (unpaired) electrons. The molecule has 0 aliphatic rings. The molecule has 4 nitrogen and oxygen atoms in total. The van der Waals surface area contributed by atoms with Crippen LogP contribution in [-0.4, -0.2) is 18.3 Å². The van der Waals surface area contributed by atoms with Crippen LogP contribution in [0, 0.1) is 0 Å². The van der Waals surface area contributed by atoms with E-state index in [1.165, 1.54) is 0 Å². The number of aromatic nitrogens is 1. The number of nitrogens with one attached hydrogen (secondary N) is 2. The molecular formula is C13H26N4. The van der Waals surface area contributed by atoms with Crippen molar-refractivity contribution in [3.8, 4) is 0 Å². The number of aliphatic imine (C=N–C) groups is 1. The summed E-state index contributed by atoms with van der Waals surface area (Å²) in [4.78, 5) is 3.67. The van der Waals surface area contributed by atoms with E-state index in [4.69, 9.17) is 0 Å². The van der Waals surface area contributed by atoms with E-state index in [-0.39, 0.29) is 0 Å². The Labute approximate surface area is 105 Å². The van der Waals surface area contributed by atoms with Crippen LogP contribution in [0.1, 0.15) is 27.7 Å². The van der Waals surface area contributed by atoms with Crippen LogP contribution in [0.15, 0.2) is 35.5 Å². The molecular weight excluding hydrogens is 212 g/mol. The summed E-state index contributed by atoms with van der Waals surface area (Å²) in [7, 11) is 3.80. The molecule has 0 aliphatic heterocycles. The number of rotatable bonds is 4. The van der Waals surface area contributed by atoms with Crippen LogP contribution in [0.3, 0.4) is 0 Å². The molecule has 2 N–H and O–H groups in total. The van der Waals surface area contributed by atoms with E-state index in [1.807, 2.05) is 64.8 Å². The molecule has 98 valence electrons. The van der Waals surface area contributed by atoms with Gasteiger partial charge in [-0.25, -0.2) is 0 Å². The Kier molecular flexibility index (Phi) is 12.9. The quantitative estimate of drug-likeness (QED) is 0.791. The molecule has 1 aromatic heterocycles. The minimum Gasteiger partial charge on any atom is -0.373 e. The van der Waals surface area contributed by atoms with Crippen LogP contribution in [0.5, 0.6) is 0 Å². The first-order valence-electron chi connectivity index (χ1n) is 5.99. The lowest BCUT2D eigenvalue weighted by Gasteiger charge is -2.06. The second kappa shape index (κ2) is 12.4. The predicted octanol–water partition coefficient (Wildman–Crippen LogP) is 3.21. The summed E-state index contributed by atoms with van der Waals surface area (Å²) in [5, 5.41) is 6.11. The van der Waals surface area contributed by atoms with Crippen molar-refractivity contribution < 1.29 is 0 Å². The number of anilines is 1. The van der Waals surface area contributed by atoms with Gasteiger partial charge in [-0.1, -0.05) is 27.7 Å². The highest BCUT2D eigenvalue weighted by Crippen LogP contribution is 2.08. The lowest BCUT2D eigenvalue weighted by atomic mass is 10.5. The number of hydrogen-bond donors (Lipinski definition) is 2. The third-order valence-corrected chi connectivity index (χ3v) is 1.60. The van der Waals surface area contributed by atoms with Crippen LogP contribution < -0.4 is 10.6 Å². The molecule has 0 spiro atoms. The van der Waals surface area contributed by atoms with Crippen molar-refractivity contribution in [1.82, 2.24) is 9.88 Å². The summed E-state index contributed by atoms with van der Waals surface area (Å²) in [5.41, 5.74) is 1.02. The van der Waals surface area contributed by atoms with Gasteiger partial charge >= 0.3 is 0 Å². The normalized spacial score (nSPS) is 9.18. The van der Waals surface area contributed by atoms with Gasteiger partial charge in [-0.05, 0) is 12.8 Å². The summed E-state index contributed by atoms with van der Waals surface area (Å²) in [6.45, 7) is 11.4. The molecule has 1 rings (SSSR count). The minimum absolute atomic E-state index is 0.821. The fourth-order valence-electron chi connectivity index (χ4n) is 0.983. The van der Waals surface area contributed by atoms with Crippen molar-refractivity contribution in [2.45, 2.75) is 27.7 Å². The van der Waals surface area contributed by atoms with Crippen LogP contribution >= 0.6 is 0 Å². The van der Waals surface area contributed by atoms with Crippen molar-refractivity contribution in [2.75, 3.05) is 12.4 Å². The number of nitrogens with zero attached hydrogens (tertiary/aromatic N) is 2. The maximum Gasteiger partial charge on any atom is 0.122 e. The topological polar surface area (TPSA) is 41.4 Å². The van der Waals surface area contributed by atoms with E-state index in [0.29, 0.717) is 0 Å². The molecule has 0 unspecified atom stereocenters. The zero-order valence-electron chi connectivity index (χ0n) is 11.9. The van der Waals surface area contributed by atoms with Gasteiger partial charge in [0.1, 0.15) is 5.82 Å². The fourth-order valence-corrected chi connectivity index (χ4v) is 0.983. The number of aryl methyl sites for hydroxylation is 1. The fraction of sp³-hybridized carbons (Fsp3) is 0.462. The summed E-state index contributed by atoms with van der Waals surface area (Å²) < 4.78 is 1.97. The van der Waals surface area contributed by atoms with Crippen LogP contribution in [0.2, 0.25) is 0 Å². The Morgan fingerprint density at radius 3 is 2.29 bits per heavy atom. The first-order chi connectivity index (χ1) is 8.26. The maximum absolute atomic E-state index is 3.67. The van der Waals surface area contributed by atoms with Crippen molar-refractivity contribution >= 4 is 12.4 Å². The van der Waals surface area contributed by atoms with E-state index in [2.05, 4.69) is 22.3 Å². The van der Waals surface area contributed by atoms with E-state index in [9.17, 15) is 0 Å². The van der Waals surface area contributed by atoms with Crippen molar-refractivity contribution in [3.05, 3.63) is 30.5 Å². The van der Waals surface area contributed by atoms with Gasteiger partial charge < -0.3 is 15.2 Å². The van der Waals surface area contributed by atoms with Gasteiger partial charge in [0.05, 0.1) is 11.9 Å². The lowest BCUT2D eigenvalue weighted by molar-refractivity contribution is 0.926. The Morgan fingerprint density at radius 1 is 1.35 bits per heavy atom. The molecule has 0 saturated carbocycles. The SMILES string of the molecule is C=N/C=C(\NC)Nc1ccn(C)c1.CC.CC. The summed E-state index contributed by atoms with van der Waals surface area (Å²) in [6.07, 6.45) is 5.58. The molecule has 0 saturated heterocycles. The van der Waals surface area contributed by atoms with Gasteiger partial charge in [0.15, 0.2) is 0 Å². The Morgan fingerprint density at radius 2 is 1.94 bits per heavy atom. The maximum atomic E-state index is 3.67. The summed E-state index contributed by atoms with van der Waals surface area (Å²) in [5.74, 6) is 0.821. The molecule has 4 heteroatoms. The molecule has 1 aromatic rings. The van der Waals surface area contributed by atoms with Gasteiger partial charge in [0, 0.05) is 26.5 Å². The monoisotopic (exact) mass is 238 g/mol. The second-order valence-electron chi connectivity index (χ2n) is 2.67. The first kappa shape index (κ1) is 17.7. The first-order valence-corrected chi connectivity index (χ1v) is 5.99. The van der Waals surface area contributed by atoms with E-state index >= 15 is 0 Å². The standard InChI is InChI=1S/C9H14N4.2C2H6/c1-10-6-9(11-2)12-8-4-5-13(3)7-8;2*1-2/h4-7,11-12H,1H2,2-3H3;2*1-2H3/b9-6+;;. The molecule has 17 heavy (non-hydrogen) atoms. The van der Waals surface area contributed by atoms with Gasteiger partial charge in [-0.15, -0.1) is 0 Å². The average Bonchev–Trinajstić information content (AvgIpc) is 2.79. The minimum atomic E-state index is 0.821. The van der Waals surface area contributed by atoms with Crippen LogP contribution in [0.4, 0.5) is 5.69 Å².